The van der Waals surface area contributed by atoms with E-state index < -0.39 is 11.9 Å². The molecular formula is C23H23FN4O3S. The van der Waals surface area contributed by atoms with Crippen molar-refractivity contribution in [2.75, 3.05) is 11.1 Å². The highest BCUT2D eigenvalue weighted by molar-refractivity contribution is 8.00. The van der Waals surface area contributed by atoms with Gasteiger partial charge in [0.25, 0.3) is 5.56 Å². The number of para-hydroxylation sites is 1. The van der Waals surface area contributed by atoms with Gasteiger partial charge in [0.05, 0.1) is 16.6 Å². The highest BCUT2D eigenvalue weighted by Crippen LogP contribution is 2.23. The molecule has 3 aromatic rings. The third kappa shape index (κ3) is 4.34. The Hall–Kier alpha value is -3.33. The molecule has 4 rings (SSSR count). The molecule has 2 atom stereocenters. The van der Waals surface area contributed by atoms with E-state index in [4.69, 9.17) is 0 Å². The molecule has 0 saturated carbocycles. The quantitative estimate of drug-likeness (QED) is 0.620. The molecule has 0 aliphatic carbocycles. The Morgan fingerprint density at radius 3 is 2.50 bits per heavy atom. The van der Waals surface area contributed by atoms with Gasteiger partial charge in [-0.05, 0) is 43.2 Å². The first-order chi connectivity index (χ1) is 15.3. The van der Waals surface area contributed by atoms with Crippen molar-refractivity contribution >= 4 is 29.3 Å². The highest BCUT2D eigenvalue weighted by Gasteiger charge is 2.33. The Kier molecular flexibility index (Phi) is 6.18. The zero-order valence-corrected chi connectivity index (χ0v) is 18.5. The lowest BCUT2D eigenvalue weighted by Crippen LogP contribution is -2.53. The van der Waals surface area contributed by atoms with Gasteiger partial charge in [-0.2, -0.15) is 0 Å². The fraction of sp³-hybridized carbons (Fsp3) is 0.261. The number of benzene rings is 2. The van der Waals surface area contributed by atoms with Gasteiger partial charge in [0.2, 0.25) is 11.8 Å². The summed E-state index contributed by atoms with van der Waals surface area (Å²) in [5.41, 5.74) is 2.00. The molecule has 0 bridgehead atoms. The van der Waals surface area contributed by atoms with Crippen LogP contribution in [-0.4, -0.2) is 38.2 Å². The average molecular weight is 455 g/mol. The molecule has 2 heterocycles. The number of aromatic nitrogens is 2. The molecule has 1 aromatic heterocycles. The lowest BCUT2D eigenvalue weighted by Gasteiger charge is -2.28. The first kappa shape index (κ1) is 21.9. The molecule has 166 valence electrons. The maximum Gasteiger partial charge on any atom is 0.295 e. The van der Waals surface area contributed by atoms with Gasteiger partial charge in [-0.1, -0.05) is 30.3 Å². The monoisotopic (exact) mass is 454 g/mol. The van der Waals surface area contributed by atoms with E-state index in [-0.39, 0.29) is 28.2 Å². The van der Waals surface area contributed by atoms with Crippen molar-refractivity contribution in [2.24, 2.45) is 7.05 Å². The molecule has 0 unspecified atom stereocenters. The van der Waals surface area contributed by atoms with E-state index in [2.05, 4.69) is 10.6 Å². The smallest absolute Gasteiger partial charge is 0.295 e. The van der Waals surface area contributed by atoms with Crippen LogP contribution in [0.4, 0.5) is 10.1 Å². The standard InChI is InChI=1S/C23H23FN4O3S/c1-14-20(23(31)28(27(14)2)17-6-4-3-5-7-17)26-21(29)18-13-32-19(22(30)25-18)12-15-8-10-16(24)11-9-15/h3-11,18-19H,12-13H2,1-2H3,(H,25,30)(H,26,29)/t18-,19+/m0/s1. The molecule has 7 nitrogen and oxygen atoms in total. The predicted molar refractivity (Wildman–Crippen MR) is 123 cm³/mol. The normalized spacial score (nSPS) is 18.3. The lowest BCUT2D eigenvalue weighted by atomic mass is 10.1. The minimum Gasteiger partial charge on any atom is -0.343 e. The second-order valence-electron chi connectivity index (χ2n) is 7.64. The molecule has 0 radical (unpaired) electrons. The number of hydrogen-bond donors (Lipinski definition) is 2. The number of carbonyl (C=O) groups excluding carboxylic acids is 2. The van der Waals surface area contributed by atoms with Gasteiger partial charge in [-0.3, -0.25) is 19.1 Å². The third-order valence-corrected chi connectivity index (χ3v) is 6.84. The number of hydrogen-bond acceptors (Lipinski definition) is 4. The fourth-order valence-electron chi connectivity index (χ4n) is 3.64. The van der Waals surface area contributed by atoms with E-state index in [1.807, 2.05) is 30.3 Å². The van der Waals surface area contributed by atoms with Crippen LogP contribution < -0.4 is 16.2 Å². The summed E-state index contributed by atoms with van der Waals surface area (Å²) in [6.45, 7) is 1.75. The van der Waals surface area contributed by atoms with Gasteiger partial charge in [-0.25, -0.2) is 9.07 Å². The van der Waals surface area contributed by atoms with Crippen molar-refractivity contribution in [1.82, 2.24) is 14.7 Å². The lowest BCUT2D eigenvalue weighted by molar-refractivity contribution is -0.126. The summed E-state index contributed by atoms with van der Waals surface area (Å²) in [4.78, 5) is 38.4. The summed E-state index contributed by atoms with van der Waals surface area (Å²) in [6.07, 6.45) is 0.449. The molecule has 32 heavy (non-hydrogen) atoms. The second kappa shape index (κ2) is 9.04. The minimum atomic E-state index is -0.749. The Labute approximate surface area is 188 Å². The van der Waals surface area contributed by atoms with Crippen LogP contribution in [-0.2, 0) is 23.1 Å². The van der Waals surface area contributed by atoms with Crippen molar-refractivity contribution in [3.63, 3.8) is 0 Å². The number of nitrogens with one attached hydrogen (secondary N) is 2. The Morgan fingerprint density at radius 2 is 1.84 bits per heavy atom. The number of rotatable bonds is 5. The SMILES string of the molecule is Cc1c(NC(=O)[C@@H]2CS[C@H](Cc3ccc(F)cc3)C(=O)N2)c(=O)n(-c2ccccc2)n1C. The molecule has 2 amide bonds. The van der Waals surface area contributed by atoms with Crippen molar-refractivity contribution in [3.8, 4) is 5.69 Å². The van der Waals surface area contributed by atoms with Crippen LogP contribution >= 0.6 is 11.8 Å². The molecule has 9 heteroatoms. The summed E-state index contributed by atoms with van der Waals surface area (Å²) >= 11 is 1.38. The summed E-state index contributed by atoms with van der Waals surface area (Å²) in [5.74, 6) is -0.634. The molecule has 1 saturated heterocycles. The van der Waals surface area contributed by atoms with Crippen molar-refractivity contribution in [3.05, 3.63) is 82.0 Å². The van der Waals surface area contributed by atoms with E-state index in [1.54, 1.807) is 30.8 Å². The Balaban J connectivity index is 1.45. The first-order valence-electron chi connectivity index (χ1n) is 10.2. The van der Waals surface area contributed by atoms with Crippen LogP contribution in [0.5, 0.6) is 0 Å². The molecule has 1 aliphatic rings. The Bertz CT molecular complexity index is 1200. The van der Waals surface area contributed by atoms with Gasteiger partial charge in [0, 0.05) is 12.8 Å². The summed E-state index contributed by atoms with van der Waals surface area (Å²) in [7, 11) is 1.75. The average Bonchev–Trinajstić information content (AvgIpc) is 3.00. The van der Waals surface area contributed by atoms with Crippen molar-refractivity contribution in [1.29, 1.82) is 0 Å². The van der Waals surface area contributed by atoms with Crippen molar-refractivity contribution in [2.45, 2.75) is 24.6 Å². The molecule has 0 spiro atoms. The van der Waals surface area contributed by atoms with Gasteiger partial charge >= 0.3 is 0 Å². The van der Waals surface area contributed by atoms with Crippen LogP contribution in [0.2, 0.25) is 0 Å². The minimum absolute atomic E-state index is 0.189. The van der Waals surface area contributed by atoms with E-state index in [9.17, 15) is 18.8 Å². The number of amides is 2. The van der Waals surface area contributed by atoms with Crippen LogP contribution in [0.1, 0.15) is 11.3 Å². The van der Waals surface area contributed by atoms with Crippen LogP contribution in [0.3, 0.4) is 0 Å². The second-order valence-corrected chi connectivity index (χ2v) is 8.88. The number of thioether (sulfide) groups is 1. The van der Waals surface area contributed by atoms with Gasteiger partial charge in [-0.15, -0.1) is 11.8 Å². The van der Waals surface area contributed by atoms with Crippen LogP contribution in [0, 0.1) is 12.7 Å². The number of carbonyl (C=O) groups is 2. The van der Waals surface area contributed by atoms with Gasteiger partial charge in [0.1, 0.15) is 17.5 Å². The Morgan fingerprint density at radius 1 is 1.16 bits per heavy atom. The van der Waals surface area contributed by atoms with Gasteiger partial charge in [0.15, 0.2) is 0 Å². The molecule has 1 fully saturated rings. The maximum absolute atomic E-state index is 13.1. The van der Waals surface area contributed by atoms with E-state index >= 15 is 0 Å². The van der Waals surface area contributed by atoms with E-state index in [0.29, 0.717) is 23.6 Å². The number of anilines is 1. The van der Waals surface area contributed by atoms with Gasteiger partial charge < -0.3 is 10.6 Å². The fourth-order valence-corrected chi connectivity index (χ4v) is 4.83. The third-order valence-electron chi connectivity index (χ3n) is 5.53. The summed E-state index contributed by atoms with van der Waals surface area (Å²) in [6, 6.07) is 14.4. The molecule has 2 N–H and O–H groups in total. The largest absolute Gasteiger partial charge is 0.343 e. The first-order valence-corrected chi connectivity index (χ1v) is 11.2. The molecule has 2 aromatic carbocycles. The van der Waals surface area contributed by atoms with E-state index in [0.717, 1.165) is 5.56 Å². The van der Waals surface area contributed by atoms with E-state index in [1.165, 1.54) is 28.6 Å². The zero-order valence-electron chi connectivity index (χ0n) is 17.7. The van der Waals surface area contributed by atoms with Crippen molar-refractivity contribution < 1.29 is 14.0 Å². The number of halogens is 1. The highest BCUT2D eigenvalue weighted by atomic mass is 32.2. The summed E-state index contributed by atoms with van der Waals surface area (Å²) < 4.78 is 16.3. The zero-order chi connectivity index (χ0) is 22.8. The molecular weight excluding hydrogens is 431 g/mol. The van der Waals surface area contributed by atoms with Crippen LogP contribution in [0.15, 0.2) is 59.4 Å². The maximum atomic E-state index is 13.1. The summed E-state index contributed by atoms with van der Waals surface area (Å²) in [5, 5.41) is 5.09. The topological polar surface area (TPSA) is 85.1 Å². The predicted octanol–water partition coefficient (Wildman–Crippen LogP) is 2.40. The van der Waals surface area contributed by atoms with Crippen LogP contribution in [0.25, 0.3) is 5.69 Å². The molecule has 1 aliphatic heterocycles. The number of nitrogens with zero attached hydrogens (tertiary/aromatic N) is 2.